The lowest BCUT2D eigenvalue weighted by atomic mass is 9.84. The maximum Gasteiger partial charge on any atom is 0.407 e. The summed E-state index contributed by atoms with van der Waals surface area (Å²) in [6.07, 6.45) is 4.30. The second-order valence-corrected chi connectivity index (χ2v) is 4.02. The second-order valence-electron chi connectivity index (χ2n) is 4.02. The molecule has 2 saturated carbocycles. The van der Waals surface area contributed by atoms with E-state index in [1.807, 2.05) is 0 Å². The first kappa shape index (κ1) is 7.90. The summed E-state index contributed by atoms with van der Waals surface area (Å²) in [4.78, 5) is 11.1. The van der Waals surface area contributed by atoms with Crippen molar-refractivity contribution < 1.29 is 9.53 Å². The molecule has 68 valence electrons. The van der Waals surface area contributed by atoms with E-state index in [0.717, 1.165) is 31.6 Å². The predicted octanol–water partition coefficient (Wildman–Crippen LogP) is 1.67. The minimum atomic E-state index is -0.214. The number of nitrogens with one attached hydrogen (secondary N) is 1. The molecule has 3 heteroatoms. The zero-order chi connectivity index (χ0) is 8.55. The standard InChI is InChI=1S/C9H15NO2/c1-6-4-8(5-6)12-9(11)10-7-2-3-7/h6-8H,2-5H2,1H3,(H,10,11). The van der Waals surface area contributed by atoms with Crippen molar-refractivity contribution in [3.8, 4) is 0 Å². The highest BCUT2D eigenvalue weighted by Gasteiger charge is 2.30. The second kappa shape index (κ2) is 2.96. The van der Waals surface area contributed by atoms with Gasteiger partial charge >= 0.3 is 6.09 Å². The maximum absolute atomic E-state index is 11.1. The van der Waals surface area contributed by atoms with Gasteiger partial charge < -0.3 is 10.1 Å². The third-order valence-corrected chi connectivity index (χ3v) is 2.50. The lowest BCUT2D eigenvalue weighted by Gasteiger charge is -2.31. The Labute approximate surface area is 72.5 Å². The third-order valence-electron chi connectivity index (χ3n) is 2.50. The number of rotatable bonds is 2. The molecule has 0 unspecified atom stereocenters. The molecule has 0 aliphatic heterocycles. The first-order valence-corrected chi connectivity index (χ1v) is 4.71. The Morgan fingerprint density at radius 2 is 2.08 bits per heavy atom. The van der Waals surface area contributed by atoms with E-state index in [2.05, 4.69) is 12.2 Å². The number of alkyl carbamates (subject to hydrolysis) is 1. The van der Waals surface area contributed by atoms with Crippen molar-refractivity contribution in [2.75, 3.05) is 0 Å². The van der Waals surface area contributed by atoms with Crippen LogP contribution in [0.15, 0.2) is 0 Å². The summed E-state index contributed by atoms with van der Waals surface area (Å²) in [5.41, 5.74) is 0. The minimum Gasteiger partial charge on any atom is -0.446 e. The fourth-order valence-electron chi connectivity index (χ4n) is 1.50. The zero-order valence-corrected chi connectivity index (χ0v) is 7.38. The van der Waals surface area contributed by atoms with E-state index in [0.29, 0.717) is 6.04 Å². The van der Waals surface area contributed by atoms with Crippen molar-refractivity contribution >= 4 is 6.09 Å². The van der Waals surface area contributed by atoms with E-state index < -0.39 is 0 Å². The van der Waals surface area contributed by atoms with E-state index in [-0.39, 0.29) is 12.2 Å². The summed E-state index contributed by atoms with van der Waals surface area (Å²) in [6.45, 7) is 2.18. The maximum atomic E-state index is 11.1. The average Bonchev–Trinajstić information content (AvgIpc) is 2.68. The average molecular weight is 169 g/mol. The van der Waals surface area contributed by atoms with Crippen molar-refractivity contribution in [2.45, 2.75) is 44.8 Å². The third kappa shape index (κ3) is 1.90. The Balaban J connectivity index is 1.62. The van der Waals surface area contributed by atoms with E-state index >= 15 is 0 Å². The quantitative estimate of drug-likeness (QED) is 0.683. The Hall–Kier alpha value is -0.730. The Morgan fingerprint density at radius 3 is 2.58 bits per heavy atom. The molecule has 2 rings (SSSR count). The van der Waals surface area contributed by atoms with Gasteiger partial charge in [-0.25, -0.2) is 4.79 Å². The molecule has 1 N–H and O–H groups in total. The van der Waals surface area contributed by atoms with Crippen molar-refractivity contribution in [3.63, 3.8) is 0 Å². The molecule has 0 spiro atoms. The Morgan fingerprint density at radius 1 is 1.42 bits per heavy atom. The van der Waals surface area contributed by atoms with Crippen LogP contribution >= 0.6 is 0 Å². The van der Waals surface area contributed by atoms with Gasteiger partial charge in [-0.1, -0.05) is 6.92 Å². The molecule has 0 aromatic carbocycles. The van der Waals surface area contributed by atoms with E-state index in [4.69, 9.17) is 4.74 Å². The van der Waals surface area contributed by atoms with Gasteiger partial charge in [0.2, 0.25) is 0 Å². The number of ether oxygens (including phenoxy) is 1. The number of carbonyl (C=O) groups is 1. The van der Waals surface area contributed by atoms with E-state index in [1.165, 1.54) is 0 Å². The van der Waals surface area contributed by atoms with Gasteiger partial charge in [0.25, 0.3) is 0 Å². The van der Waals surface area contributed by atoms with Crippen LogP contribution in [-0.4, -0.2) is 18.2 Å². The van der Waals surface area contributed by atoms with Crippen LogP contribution in [0.4, 0.5) is 4.79 Å². The van der Waals surface area contributed by atoms with E-state index in [9.17, 15) is 4.79 Å². The molecule has 0 heterocycles. The van der Waals surface area contributed by atoms with Crippen LogP contribution in [0.1, 0.15) is 32.6 Å². The first-order valence-electron chi connectivity index (χ1n) is 4.71. The fraction of sp³-hybridized carbons (Fsp3) is 0.889. The van der Waals surface area contributed by atoms with Crippen molar-refractivity contribution in [3.05, 3.63) is 0 Å². The molecular weight excluding hydrogens is 154 g/mol. The normalized spacial score (nSPS) is 33.8. The smallest absolute Gasteiger partial charge is 0.407 e. The van der Waals surface area contributed by atoms with Gasteiger partial charge in [-0.15, -0.1) is 0 Å². The SMILES string of the molecule is CC1CC(OC(=O)NC2CC2)C1. The molecule has 0 aromatic heterocycles. The molecule has 3 nitrogen and oxygen atoms in total. The Bertz CT molecular complexity index is 183. The minimum absolute atomic E-state index is 0.193. The van der Waals surface area contributed by atoms with Gasteiger partial charge in [0, 0.05) is 6.04 Å². The summed E-state index contributed by atoms with van der Waals surface area (Å²) < 4.78 is 5.16. The van der Waals surface area contributed by atoms with Gasteiger partial charge in [0.15, 0.2) is 0 Å². The molecule has 2 aliphatic rings. The van der Waals surface area contributed by atoms with Crippen molar-refractivity contribution in [1.29, 1.82) is 0 Å². The summed E-state index contributed by atoms with van der Waals surface area (Å²) in [7, 11) is 0. The molecular formula is C9H15NO2. The van der Waals surface area contributed by atoms with Crippen LogP contribution in [0, 0.1) is 5.92 Å². The largest absolute Gasteiger partial charge is 0.446 e. The van der Waals surface area contributed by atoms with Gasteiger partial charge in [-0.3, -0.25) is 0 Å². The highest BCUT2D eigenvalue weighted by atomic mass is 16.6. The lowest BCUT2D eigenvalue weighted by molar-refractivity contribution is 0.0231. The molecule has 2 aliphatic carbocycles. The van der Waals surface area contributed by atoms with Crippen molar-refractivity contribution in [1.82, 2.24) is 5.32 Å². The molecule has 0 atom stereocenters. The van der Waals surface area contributed by atoms with Crippen LogP contribution in [0.3, 0.4) is 0 Å². The topological polar surface area (TPSA) is 38.3 Å². The predicted molar refractivity (Wildman–Crippen MR) is 44.8 cm³/mol. The Kier molecular flexibility index (Phi) is 1.95. The summed E-state index contributed by atoms with van der Waals surface area (Å²) in [5, 5.41) is 2.81. The number of hydrogen-bond donors (Lipinski definition) is 1. The van der Waals surface area contributed by atoms with Gasteiger partial charge in [0.1, 0.15) is 6.10 Å². The molecule has 0 bridgehead atoms. The summed E-state index contributed by atoms with van der Waals surface area (Å²) >= 11 is 0. The van der Waals surface area contributed by atoms with Crippen LogP contribution in [0.5, 0.6) is 0 Å². The molecule has 0 radical (unpaired) electrons. The van der Waals surface area contributed by atoms with Gasteiger partial charge in [0.05, 0.1) is 0 Å². The van der Waals surface area contributed by atoms with E-state index in [1.54, 1.807) is 0 Å². The molecule has 0 saturated heterocycles. The van der Waals surface area contributed by atoms with Crippen LogP contribution in [0.2, 0.25) is 0 Å². The van der Waals surface area contributed by atoms with Gasteiger partial charge in [-0.05, 0) is 31.6 Å². The molecule has 12 heavy (non-hydrogen) atoms. The van der Waals surface area contributed by atoms with Crippen LogP contribution in [0.25, 0.3) is 0 Å². The van der Waals surface area contributed by atoms with Crippen LogP contribution in [-0.2, 0) is 4.74 Å². The summed E-state index contributed by atoms with van der Waals surface area (Å²) in [5.74, 6) is 0.740. The lowest BCUT2D eigenvalue weighted by Crippen LogP contribution is -2.36. The van der Waals surface area contributed by atoms with Crippen molar-refractivity contribution in [2.24, 2.45) is 5.92 Å². The number of hydrogen-bond acceptors (Lipinski definition) is 2. The van der Waals surface area contributed by atoms with Crippen LogP contribution < -0.4 is 5.32 Å². The number of carbonyl (C=O) groups excluding carboxylic acids is 1. The first-order chi connectivity index (χ1) is 5.74. The highest BCUT2D eigenvalue weighted by Crippen LogP contribution is 2.29. The fourth-order valence-corrected chi connectivity index (χ4v) is 1.50. The molecule has 0 aromatic rings. The van der Waals surface area contributed by atoms with Gasteiger partial charge in [-0.2, -0.15) is 0 Å². The highest BCUT2D eigenvalue weighted by molar-refractivity contribution is 5.68. The monoisotopic (exact) mass is 169 g/mol. The number of amides is 1. The molecule has 2 fully saturated rings. The zero-order valence-electron chi connectivity index (χ0n) is 7.38. The summed E-state index contributed by atoms with van der Waals surface area (Å²) in [6, 6.07) is 0.412. The molecule has 1 amide bonds.